The molecule has 1 aliphatic heterocycles. The van der Waals surface area contributed by atoms with Crippen LogP contribution in [-0.4, -0.2) is 63.2 Å². The largest absolute Gasteiger partial charge is 0.493 e. The molecule has 0 fully saturated rings. The molecule has 1 aromatic heterocycles. The maximum atomic E-state index is 13.2. The van der Waals surface area contributed by atoms with Crippen LogP contribution in [0, 0.1) is 0 Å². The van der Waals surface area contributed by atoms with Crippen molar-refractivity contribution < 1.29 is 14.6 Å². The van der Waals surface area contributed by atoms with E-state index in [1.165, 1.54) is 16.7 Å². The van der Waals surface area contributed by atoms with Gasteiger partial charge in [0.1, 0.15) is 5.75 Å². The molecule has 0 spiro atoms. The van der Waals surface area contributed by atoms with Crippen molar-refractivity contribution in [3.8, 4) is 5.75 Å². The van der Waals surface area contributed by atoms with E-state index in [-0.39, 0.29) is 12.5 Å². The summed E-state index contributed by atoms with van der Waals surface area (Å²) in [6.45, 7) is 5.34. The van der Waals surface area contributed by atoms with E-state index >= 15 is 0 Å². The van der Waals surface area contributed by atoms with Crippen molar-refractivity contribution in [2.24, 2.45) is 0 Å². The molecule has 0 saturated carbocycles. The zero-order chi connectivity index (χ0) is 25.7. The molecule has 198 valence electrons. The Hall–Kier alpha value is -3.16. The lowest BCUT2D eigenvalue weighted by Crippen LogP contribution is -2.39. The lowest BCUT2D eigenvalue weighted by Gasteiger charge is -2.28. The first-order chi connectivity index (χ1) is 18.2. The Morgan fingerprint density at radius 3 is 2.70 bits per heavy atom. The zero-order valence-electron chi connectivity index (χ0n) is 21.8. The van der Waals surface area contributed by atoms with Crippen molar-refractivity contribution in [2.45, 2.75) is 58.2 Å². The van der Waals surface area contributed by atoms with Gasteiger partial charge in [-0.3, -0.25) is 9.69 Å². The third-order valence-corrected chi connectivity index (χ3v) is 6.90. The fourth-order valence-corrected chi connectivity index (χ4v) is 4.82. The molecule has 0 atom stereocenters. The number of aryl methyl sites for hydroxylation is 2. The van der Waals surface area contributed by atoms with E-state index < -0.39 is 0 Å². The first-order valence-electron chi connectivity index (χ1n) is 13.6. The summed E-state index contributed by atoms with van der Waals surface area (Å²) in [6.07, 6.45) is 10.5. The molecule has 0 radical (unpaired) electrons. The highest BCUT2D eigenvalue weighted by Gasteiger charge is 2.18. The molecule has 0 unspecified atom stereocenters. The number of rotatable bonds is 8. The Balaban J connectivity index is 1.52. The number of carbonyl (C=O) groups excluding carboxylic acids is 1. The van der Waals surface area contributed by atoms with Gasteiger partial charge in [0.25, 0.3) is 0 Å². The van der Waals surface area contributed by atoms with Gasteiger partial charge < -0.3 is 19.3 Å². The number of nitrogens with zero attached hydrogens (tertiary/aromatic N) is 4. The van der Waals surface area contributed by atoms with E-state index in [0.29, 0.717) is 26.1 Å². The number of hydrogen-bond acceptors (Lipinski definition) is 5. The third kappa shape index (κ3) is 8.72. The number of carbonyl (C=O) groups is 1. The van der Waals surface area contributed by atoms with Gasteiger partial charge in [-0.05, 0) is 49.3 Å². The molecule has 1 amide bonds. The van der Waals surface area contributed by atoms with Gasteiger partial charge in [0.05, 0.1) is 12.9 Å². The van der Waals surface area contributed by atoms with Crippen LogP contribution in [-0.2, 0) is 30.8 Å². The van der Waals surface area contributed by atoms with E-state index in [9.17, 15) is 9.90 Å². The van der Waals surface area contributed by atoms with Gasteiger partial charge in [-0.25, -0.2) is 4.98 Å². The highest BCUT2D eigenvalue weighted by Crippen LogP contribution is 2.24. The highest BCUT2D eigenvalue weighted by atomic mass is 16.5. The predicted octanol–water partition coefficient (Wildman–Crippen LogP) is 4.29. The first-order valence-corrected chi connectivity index (χ1v) is 13.6. The molecule has 2 aromatic carbocycles. The molecule has 7 heteroatoms. The highest BCUT2D eigenvalue weighted by molar-refractivity contribution is 5.76. The fourth-order valence-electron chi connectivity index (χ4n) is 4.82. The van der Waals surface area contributed by atoms with Crippen LogP contribution in [0.4, 0.5) is 0 Å². The minimum atomic E-state index is 0.193. The Bertz CT molecular complexity index is 1070. The Kier molecular flexibility index (Phi) is 10.6. The van der Waals surface area contributed by atoms with Gasteiger partial charge in [0, 0.05) is 70.3 Å². The van der Waals surface area contributed by atoms with E-state index in [2.05, 4.69) is 52.3 Å². The van der Waals surface area contributed by atoms with E-state index in [1.54, 1.807) is 12.5 Å². The monoisotopic (exact) mass is 504 g/mol. The number of aromatic nitrogens is 2. The number of fused-ring (bicyclic) bond motifs is 1. The molecule has 3 aromatic rings. The average molecular weight is 505 g/mol. The number of amides is 1. The van der Waals surface area contributed by atoms with E-state index in [1.807, 2.05) is 21.7 Å². The summed E-state index contributed by atoms with van der Waals surface area (Å²) in [7, 11) is 0. The van der Waals surface area contributed by atoms with Crippen LogP contribution in [0.1, 0.15) is 48.8 Å². The van der Waals surface area contributed by atoms with Crippen LogP contribution in [0.15, 0.2) is 67.3 Å². The Morgan fingerprint density at radius 1 is 1.00 bits per heavy atom. The van der Waals surface area contributed by atoms with Crippen LogP contribution in [0.25, 0.3) is 0 Å². The van der Waals surface area contributed by atoms with E-state index in [0.717, 1.165) is 64.0 Å². The van der Waals surface area contributed by atoms with Crippen LogP contribution in [0.3, 0.4) is 0 Å². The number of aliphatic hydroxyl groups excluding tert-OH is 1. The SMILES string of the molecule is O=C(CCn1ccnc1)N1CCCCCOc2ccc(CCCO)cc2CN(Cc2ccccc2)CC1. The molecular weight excluding hydrogens is 464 g/mol. The van der Waals surface area contributed by atoms with Gasteiger partial charge >= 0.3 is 0 Å². The molecule has 2 heterocycles. The van der Waals surface area contributed by atoms with Crippen molar-refractivity contribution >= 4 is 5.91 Å². The third-order valence-electron chi connectivity index (χ3n) is 6.90. The maximum Gasteiger partial charge on any atom is 0.224 e. The quantitative estimate of drug-likeness (QED) is 0.496. The van der Waals surface area contributed by atoms with Crippen molar-refractivity contribution in [3.05, 3.63) is 83.9 Å². The summed E-state index contributed by atoms with van der Waals surface area (Å²) < 4.78 is 8.21. The normalized spacial score (nSPS) is 15.6. The first kappa shape index (κ1) is 26.9. The summed E-state index contributed by atoms with van der Waals surface area (Å²) in [6, 6.07) is 17.0. The van der Waals surface area contributed by atoms with E-state index in [4.69, 9.17) is 4.74 Å². The number of hydrogen-bond donors (Lipinski definition) is 1. The molecule has 1 N–H and O–H groups in total. The fraction of sp³-hybridized carbons (Fsp3) is 0.467. The van der Waals surface area contributed by atoms with Gasteiger partial charge in [-0.1, -0.05) is 42.5 Å². The predicted molar refractivity (Wildman–Crippen MR) is 145 cm³/mol. The van der Waals surface area contributed by atoms with Crippen LogP contribution >= 0.6 is 0 Å². The van der Waals surface area contributed by atoms with Crippen molar-refractivity contribution in [1.29, 1.82) is 0 Å². The standard InChI is InChI=1S/C30H40N4O3/c35-20-7-10-26-11-12-29-28(22-26)24-33(23-27-8-3-1-4-9-27)18-19-34(15-5-2-6-21-37-29)30(36)13-16-32-17-14-31-25-32/h1,3-4,8-9,11-12,14,17,22,25,35H,2,5-7,10,13,15-16,18-21,23-24H2. The lowest BCUT2D eigenvalue weighted by atomic mass is 10.0. The van der Waals surface area contributed by atoms with Gasteiger partial charge in [-0.15, -0.1) is 0 Å². The molecule has 7 nitrogen and oxygen atoms in total. The number of aliphatic hydroxyl groups is 1. The van der Waals surface area contributed by atoms with Crippen molar-refractivity contribution in [3.63, 3.8) is 0 Å². The molecule has 1 aliphatic rings. The van der Waals surface area contributed by atoms with Gasteiger partial charge in [0.15, 0.2) is 0 Å². The zero-order valence-corrected chi connectivity index (χ0v) is 21.8. The molecule has 0 bridgehead atoms. The minimum absolute atomic E-state index is 0.193. The van der Waals surface area contributed by atoms with Crippen LogP contribution in [0.2, 0.25) is 0 Å². The molecule has 0 saturated heterocycles. The molecule has 4 rings (SSSR count). The Labute approximate surface area is 220 Å². The minimum Gasteiger partial charge on any atom is -0.493 e. The summed E-state index contributed by atoms with van der Waals surface area (Å²) >= 11 is 0. The second-order valence-electron chi connectivity index (χ2n) is 9.81. The smallest absolute Gasteiger partial charge is 0.224 e. The molecular formula is C30H40N4O3. The summed E-state index contributed by atoms with van der Waals surface area (Å²) in [5.74, 6) is 1.14. The number of imidazole rings is 1. The molecule has 0 aliphatic carbocycles. The maximum absolute atomic E-state index is 13.2. The van der Waals surface area contributed by atoms with Crippen molar-refractivity contribution in [1.82, 2.24) is 19.4 Å². The second-order valence-corrected chi connectivity index (χ2v) is 9.81. The summed E-state index contributed by atoms with van der Waals surface area (Å²) in [4.78, 5) is 21.8. The topological polar surface area (TPSA) is 70.8 Å². The second kappa shape index (κ2) is 14.5. The van der Waals surface area contributed by atoms with Crippen LogP contribution < -0.4 is 4.74 Å². The van der Waals surface area contributed by atoms with Crippen molar-refractivity contribution in [2.75, 3.05) is 32.8 Å². The number of benzene rings is 2. The van der Waals surface area contributed by atoms with Gasteiger partial charge in [0.2, 0.25) is 5.91 Å². The van der Waals surface area contributed by atoms with Gasteiger partial charge in [-0.2, -0.15) is 0 Å². The Morgan fingerprint density at radius 2 is 1.89 bits per heavy atom. The summed E-state index contributed by atoms with van der Waals surface area (Å²) in [5.41, 5.74) is 3.64. The van der Waals surface area contributed by atoms with Crippen LogP contribution in [0.5, 0.6) is 5.75 Å². The molecule has 37 heavy (non-hydrogen) atoms. The number of ether oxygens (including phenoxy) is 1. The lowest BCUT2D eigenvalue weighted by molar-refractivity contribution is -0.131. The average Bonchev–Trinajstić information content (AvgIpc) is 3.44. The summed E-state index contributed by atoms with van der Waals surface area (Å²) in [5, 5.41) is 9.30.